The lowest BCUT2D eigenvalue weighted by Gasteiger charge is -2.28. The zero-order chi connectivity index (χ0) is 19.2. The zero-order valence-electron chi connectivity index (χ0n) is 15.6. The van der Waals surface area contributed by atoms with Crippen LogP contribution in [0.1, 0.15) is 42.6 Å². The Labute approximate surface area is 157 Å². The summed E-state index contributed by atoms with van der Waals surface area (Å²) >= 11 is 1.52. The molecule has 0 aromatic carbocycles. The lowest BCUT2D eigenvalue weighted by Crippen LogP contribution is -2.37. The number of ether oxygens (including phenoxy) is 1. The molecule has 2 rings (SSSR count). The summed E-state index contributed by atoms with van der Waals surface area (Å²) < 4.78 is 31.1. The first kappa shape index (κ1) is 20.9. The molecule has 0 radical (unpaired) electrons. The van der Waals surface area contributed by atoms with Crippen molar-refractivity contribution in [1.82, 2.24) is 10.3 Å². The quantitative estimate of drug-likeness (QED) is 0.547. The summed E-state index contributed by atoms with van der Waals surface area (Å²) in [6.45, 7) is 7.91. The van der Waals surface area contributed by atoms with Crippen LogP contribution in [0, 0.1) is 6.92 Å². The molecular formula is C18H27F2N3O2S. The molecule has 1 amide bonds. The van der Waals surface area contributed by atoms with Crippen LogP contribution >= 0.6 is 11.8 Å². The van der Waals surface area contributed by atoms with Crippen molar-refractivity contribution in [3.8, 4) is 0 Å². The van der Waals surface area contributed by atoms with Crippen LogP contribution in [0.4, 0.5) is 14.6 Å². The van der Waals surface area contributed by atoms with E-state index in [0.29, 0.717) is 23.8 Å². The standard InChI is InChI=1S/C18H27F2N3O2S/c1-4-26-17-15(16(24)21-7-5-6-18(3,19)20)13(2)12-14(22-17)23-8-10-25-11-9-23/h12H,4-11H2,1-3H3,(H,21,24). The van der Waals surface area contributed by atoms with Gasteiger partial charge >= 0.3 is 0 Å². The van der Waals surface area contributed by atoms with Crippen LogP contribution in [0.25, 0.3) is 0 Å². The Balaban J connectivity index is 2.11. The number of pyridine rings is 1. The van der Waals surface area contributed by atoms with Crippen molar-refractivity contribution in [2.24, 2.45) is 0 Å². The number of nitrogens with zero attached hydrogens (tertiary/aromatic N) is 2. The molecular weight excluding hydrogens is 360 g/mol. The topological polar surface area (TPSA) is 54.5 Å². The number of carbonyl (C=O) groups is 1. The van der Waals surface area contributed by atoms with Gasteiger partial charge in [0.25, 0.3) is 5.91 Å². The van der Waals surface area contributed by atoms with E-state index in [1.54, 1.807) is 0 Å². The molecule has 1 N–H and O–H groups in total. The SMILES string of the molecule is CCSc1nc(N2CCOCC2)cc(C)c1C(=O)NCCCC(C)(F)F. The molecule has 1 fully saturated rings. The van der Waals surface area contributed by atoms with Gasteiger partial charge in [-0.2, -0.15) is 0 Å². The number of hydrogen-bond donors (Lipinski definition) is 1. The van der Waals surface area contributed by atoms with E-state index in [-0.39, 0.29) is 25.3 Å². The smallest absolute Gasteiger partial charge is 0.254 e. The van der Waals surface area contributed by atoms with Crippen molar-refractivity contribution in [3.63, 3.8) is 0 Å². The fourth-order valence-electron chi connectivity index (χ4n) is 2.79. The molecule has 8 heteroatoms. The van der Waals surface area contributed by atoms with E-state index in [9.17, 15) is 13.6 Å². The lowest BCUT2D eigenvalue weighted by molar-refractivity contribution is 0.0110. The maximum atomic E-state index is 12.9. The maximum Gasteiger partial charge on any atom is 0.254 e. The van der Waals surface area contributed by atoms with Crippen LogP contribution < -0.4 is 10.2 Å². The van der Waals surface area contributed by atoms with Gasteiger partial charge < -0.3 is 15.0 Å². The van der Waals surface area contributed by atoms with Crippen molar-refractivity contribution >= 4 is 23.5 Å². The fraction of sp³-hybridized carbons (Fsp3) is 0.667. The molecule has 146 valence electrons. The van der Waals surface area contributed by atoms with Crippen molar-refractivity contribution in [1.29, 1.82) is 0 Å². The molecule has 0 bridgehead atoms. The Bertz CT molecular complexity index is 617. The van der Waals surface area contributed by atoms with Crippen LogP contribution in [0.3, 0.4) is 0 Å². The van der Waals surface area contributed by atoms with Gasteiger partial charge in [-0.1, -0.05) is 6.92 Å². The molecule has 0 unspecified atom stereocenters. The van der Waals surface area contributed by atoms with Crippen LogP contribution in [-0.2, 0) is 4.74 Å². The minimum absolute atomic E-state index is 0.225. The molecule has 2 heterocycles. The van der Waals surface area contributed by atoms with Crippen molar-refractivity contribution in [3.05, 3.63) is 17.2 Å². The van der Waals surface area contributed by atoms with Crippen molar-refractivity contribution in [2.45, 2.75) is 44.6 Å². The lowest BCUT2D eigenvalue weighted by atomic mass is 10.1. The highest BCUT2D eigenvalue weighted by molar-refractivity contribution is 7.99. The summed E-state index contributed by atoms with van der Waals surface area (Å²) in [4.78, 5) is 19.4. The number of halogens is 2. The van der Waals surface area contributed by atoms with Gasteiger partial charge in [-0.25, -0.2) is 13.8 Å². The average molecular weight is 387 g/mol. The third-order valence-corrected chi connectivity index (χ3v) is 4.95. The van der Waals surface area contributed by atoms with E-state index in [1.165, 1.54) is 11.8 Å². The van der Waals surface area contributed by atoms with Gasteiger partial charge in [0.05, 0.1) is 18.8 Å². The van der Waals surface area contributed by atoms with Gasteiger partial charge in [-0.3, -0.25) is 4.79 Å². The van der Waals surface area contributed by atoms with Crippen LogP contribution in [0.15, 0.2) is 11.1 Å². The molecule has 1 aromatic rings. The van der Waals surface area contributed by atoms with E-state index >= 15 is 0 Å². The number of rotatable bonds is 8. The van der Waals surface area contributed by atoms with E-state index in [1.807, 2.05) is 19.9 Å². The Morgan fingerprint density at radius 3 is 2.73 bits per heavy atom. The van der Waals surface area contributed by atoms with Gasteiger partial charge in [-0.05, 0) is 37.7 Å². The first-order valence-electron chi connectivity index (χ1n) is 8.95. The van der Waals surface area contributed by atoms with Crippen molar-refractivity contribution in [2.75, 3.05) is 43.5 Å². The molecule has 0 saturated carbocycles. The van der Waals surface area contributed by atoms with Crippen LogP contribution in [0.2, 0.25) is 0 Å². The number of carbonyl (C=O) groups excluding carboxylic acids is 1. The zero-order valence-corrected chi connectivity index (χ0v) is 16.4. The van der Waals surface area contributed by atoms with E-state index in [4.69, 9.17) is 4.74 Å². The van der Waals surface area contributed by atoms with Gasteiger partial charge in [0.2, 0.25) is 5.92 Å². The van der Waals surface area contributed by atoms with Crippen LogP contribution in [-0.4, -0.2) is 55.4 Å². The number of morpholine rings is 1. The number of hydrogen-bond acceptors (Lipinski definition) is 5. The van der Waals surface area contributed by atoms with Gasteiger partial charge in [0.1, 0.15) is 10.8 Å². The number of anilines is 1. The fourth-order valence-corrected chi connectivity index (χ4v) is 3.62. The number of alkyl halides is 2. The van der Waals surface area contributed by atoms with Gasteiger partial charge in [0, 0.05) is 26.1 Å². The third-order valence-electron chi connectivity index (χ3n) is 4.09. The third kappa shape index (κ3) is 6.09. The summed E-state index contributed by atoms with van der Waals surface area (Å²) in [6, 6.07) is 1.92. The Kier molecular flexibility index (Phi) is 7.64. The largest absolute Gasteiger partial charge is 0.378 e. The second-order valence-corrected chi connectivity index (χ2v) is 7.69. The molecule has 26 heavy (non-hydrogen) atoms. The first-order chi connectivity index (χ1) is 12.3. The minimum Gasteiger partial charge on any atom is -0.378 e. The molecule has 0 aliphatic carbocycles. The molecule has 1 aliphatic heterocycles. The summed E-state index contributed by atoms with van der Waals surface area (Å²) in [5.74, 6) is -1.31. The highest BCUT2D eigenvalue weighted by Crippen LogP contribution is 2.28. The number of nitrogens with one attached hydrogen (secondary N) is 1. The summed E-state index contributed by atoms with van der Waals surface area (Å²) in [5.41, 5.74) is 1.38. The number of aryl methyl sites for hydroxylation is 1. The minimum atomic E-state index is -2.70. The maximum absolute atomic E-state index is 12.9. The molecule has 1 saturated heterocycles. The van der Waals surface area contributed by atoms with Gasteiger partial charge in [0.15, 0.2) is 0 Å². The monoisotopic (exact) mass is 387 g/mol. The molecule has 1 aromatic heterocycles. The molecule has 0 spiro atoms. The second-order valence-electron chi connectivity index (χ2n) is 6.44. The van der Waals surface area contributed by atoms with E-state index in [2.05, 4.69) is 15.2 Å². The first-order valence-corrected chi connectivity index (χ1v) is 9.93. The Hall–Kier alpha value is -1.41. The predicted octanol–water partition coefficient (Wildman–Crippen LogP) is 3.50. The summed E-state index contributed by atoms with van der Waals surface area (Å²) in [5, 5.41) is 3.44. The number of aromatic nitrogens is 1. The second kappa shape index (κ2) is 9.50. The molecule has 0 atom stereocenters. The Morgan fingerprint density at radius 2 is 2.12 bits per heavy atom. The molecule has 5 nitrogen and oxygen atoms in total. The highest BCUT2D eigenvalue weighted by Gasteiger charge is 2.22. The normalized spacial score (nSPS) is 15.2. The van der Waals surface area contributed by atoms with Crippen LogP contribution in [0.5, 0.6) is 0 Å². The van der Waals surface area contributed by atoms with Gasteiger partial charge in [-0.15, -0.1) is 11.8 Å². The Morgan fingerprint density at radius 1 is 1.42 bits per heavy atom. The molecule has 1 aliphatic rings. The summed E-state index contributed by atoms with van der Waals surface area (Å²) in [6.07, 6.45) is 0.000873. The van der Waals surface area contributed by atoms with E-state index in [0.717, 1.165) is 37.1 Å². The average Bonchev–Trinajstić information content (AvgIpc) is 2.58. The summed E-state index contributed by atoms with van der Waals surface area (Å²) in [7, 11) is 0. The number of thioether (sulfide) groups is 1. The van der Waals surface area contributed by atoms with E-state index < -0.39 is 5.92 Å². The highest BCUT2D eigenvalue weighted by atomic mass is 32.2. The predicted molar refractivity (Wildman–Crippen MR) is 101 cm³/mol. The number of amides is 1. The van der Waals surface area contributed by atoms with Crippen molar-refractivity contribution < 1.29 is 18.3 Å².